The van der Waals surface area contributed by atoms with E-state index >= 15 is 0 Å². The number of carbonyl (C=O) groups excluding carboxylic acids is 1. The number of unbranched alkanes of at least 4 members (excludes halogenated alkanes) is 13. The molecule has 0 bridgehead atoms. The molecule has 4 N–H and O–H groups in total. The van der Waals surface area contributed by atoms with E-state index in [0.29, 0.717) is 13.0 Å². The fourth-order valence-corrected chi connectivity index (χ4v) is 6.27. The van der Waals surface area contributed by atoms with Gasteiger partial charge in [0.2, 0.25) is 0 Å². The number of nitrogens with two attached hydrogens (primary N) is 1. The predicted octanol–water partition coefficient (Wildman–Crippen LogP) is 12.4. The third-order valence-electron chi connectivity index (χ3n) is 8.91. The van der Waals surface area contributed by atoms with Crippen molar-refractivity contribution >= 4 is 19.8 Å². The van der Waals surface area contributed by atoms with Gasteiger partial charge in [0.1, 0.15) is 12.1 Å². The lowest BCUT2D eigenvalue weighted by Crippen LogP contribution is -2.34. The third-order valence-corrected chi connectivity index (χ3v) is 9.86. The molecule has 0 amide bonds. The maximum atomic E-state index is 12.6. The largest absolute Gasteiger partial charge is 0.480 e. The number of aliphatic carboxylic acids is 1. The van der Waals surface area contributed by atoms with E-state index in [2.05, 4.69) is 98.9 Å². The normalized spacial score (nSPS) is 14.7. The van der Waals surface area contributed by atoms with E-state index in [9.17, 15) is 19.0 Å². The molecule has 0 aromatic carbocycles. The van der Waals surface area contributed by atoms with Crippen LogP contribution < -0.4 is 5.73 Å². The Morgan fingerprint density at radius 3 is 1.52 bits per heavy atom. The maximum absolute atomic E-state index is 12.6. The van der Waals surface area contributed by atoms with Crippen LogP contribution in [-0.2, 0) is 32.7 Å². The summed E-state index contributed by atoms with van der Waals surface area (Å²) in [5.74, 6) is -1.82. The highest BCUT2D eigenvalue weighted by atomic mass is 31.2. The van der Waals surface area contributed by atoms with E-state index in [1.54, 1.807) is 0 Å². The molecule has 0 rings (SSSR count). The molecule has 11 heteroatoms. The van der Waals surface area contributed by atoms with Crippen molar-refractivity contribution in [1.82, 2.24) is 0 Å². The number of allylic oxidation sites excluding steroid dienone is 14. The van der Waals surface area contributed by atoms with E-state index in [0.717, 1.165) is 83.5 Å². The number of carboxylic acids is 1. The van der Waals surface area contributed by atoms with Crippen molar-refractivity contribution in [3.63, 3.8) is 0 Å². The summed E-state index contributed by atoms with van der Waals surface area (Å²) in [6.07, 6.45) is 53.6. The Balaban J connectivity index is 4.38. The highest BCUT2D eigenvalue weighted by Gasteiger charge is 2.27. The van der Waals surface area contributed by atoms with Crippen molar-refractivity contribution in [3.8, 4) is 0 Å². The molecule has 0 aliphatic heterocycles. The molecule has 0 heterocycles. The second kappa shape index (κ2) is 42.3. The average molecular weight is 834 g/mol. The Morgan fingerprint density at radius 1 is 0.569 bits per heavy atom. The van der Waals surface area contributed by atoms with Crippen LogP contribution >= 0.6 is 7.82 Å². The highest BCUT2D eigenvalue weighted by molar-refractivity contribution is 7.47. The number of hydrogen-bond acceptors (Lipinski definition) is 8. The minimum atomic E-state index is -4.64. The Hall–Kier alpha value is -2.85. The standard InChI is InChI=1S/C47H80NO9P/c1-3-5-7-9-11-13-15-17-19-21-22-23-24-26-28-30-32-34-36-38-40-54-41-44(42-55-58(52,53)56-43-45(48)47(50)51)57-46(49)39-37-35-33-31-29-27-25-20-18-16-14-12-10-8-6-4-2/h5,7,11,13,17,19-20,22-23,25-26,28,32,34,44-45H,3-4,6,8-10,12,14-16,18,21,24,27,29-31,33,35-43,48H2,1-2H3,(H,50,51)(H,52,53)/b7-5-,13-11-,19-17-,23-22-,25-20-,28-26-,34-32-. The second-order valence-electron chi connectivity index (χ2n) is 14.4. The minimum absolute atomic E-state index is 0.0311. The molecular weight excluding hydrogens is 753 g/mol. The van der Waals surface area contributed by atoms with Crippen molar-refractivity contribution < 1.29 is 42.7 Å². The molecular formula is C47H80NO9P. The lowest BCUT2D eigenvalue weighted by Gasteiger charge is -2.20. The molecule has 0 aliphatic rings. The third kappa shape index (κ3) is 41.3. The molecule has 0 radical (unpaired) electrons. The van der Waals surface area contributed by atoms with Crippen LogP contribution in [-0.4, -0.2) is 60.5 Å². The molecule has 3 atom stereocenters. The van der Waals surface area contributed by atoms with Gasteiger partial charge in [-0.15, -0.1) is 0 Å². The van der Waals surface area contributed by atoms with E-state index in [4.69, 9.17) is 29.4 Å². The molecule has 0 aromatic rings. The molecule has 332 valence electrons. The fourth-order valence-electron chi connectivity index (χ4n) is 5.50. The Morgan fingerprint density at radius 2 is 1.00 bits per heavy atom. The van der Waals surface area contributed by atoms with Crippen LogP contribution in [0.1, 0.15) is 162 Å². The highest BCUT2D eigenvalue weighted by Crippen LogP contribution is 2.43. The van der Waals surface area contributed by atoms with Crippen LogP contribution in [0.4, 0.5) is 0 Å². The van der Waals surface area contributed by atoms with Crippen LogP contribution in [0.3, 0.4) is 0 Å². The van der Waals surface area contributed by atoms with Crippen LogP contribution in [0.5, 0.6) is 0 Å². The SMILES string of the molecule is CC/C=C\C/C=C\C/C=C\C/C=C\C/C=C\C/C=C\CCCOCC(COP(=O)(O)OCC(N)C(=O)O)OC(=O)CCCCCCC/C=C\CCCCCCCCC. The molecule has 58 heavy (non-hydrogen) atoms. The molecule has 3 unspecified atom stereocenters. The molecule has 0 aromatic heterocycles. The lowest BCUT2D eigenvalue weighted by molar-refractivity contribution is -0.154. The number of rotatable bonds is 41. The average Bonchev–Trinajstić information content (AvgIpc) is 3.20. The molecule has 0 aliphatic carbocycles. The molecule has 0 saturated carbocycles. The van der Waals surface area contributed by atoms with Crippen LogP contribution in [0.25, 0.3) is 0 Å². The summed E-state index contributed by atoms with van der Waals surface area (Å²) >= 11 is 0. The van der Waals surface area contributed by atoms with Gasteiger partial charge >= 0.3 is 19.8 Å². The number of phosphoric ester groups is 1. The predicted molar refractivity (Wildman–Crippen MR) is 240 cm³/mol. The van der Waals surface area contributed by atoms with E-state index in [1.807, 2.05) is 0 Å². The zero-order valence-electron chi connectivity index (χ0n) is 36.1. The van der Waals surface area contributed by atoms with Gasteiger partial charge in [-0.3, -0.25) is 18.6 Å². The van der Waals surface area contributed by atoms with E-state index in [-0.39, 0.29) is 13.0 Å². The van der Waals surface area contributed by atoms with Crippen LogP contribution in [0, 0.1) is 0 Å². The van der Waals surface area contributed by atoms with Crippen LogP contribution in [0.15, 0.2) is 85.1 Å². The van der Waals surface area contributed by atoms with Gasteiger partial charge in [-0.05, 0) is 83.5 Å². The number of esters is 1. The topological polar surface area (TPSA) is 155 Å². The van der Waals surface area contributed by atoms with Gasteiger partial charge in [-0.2, -0.15) is 0 Å². The lowest BCUT2D eigenvalue weighted by atomic mass is 10.1. The zero-order valence-corrected chi connectivity index (χ0v) is 37.0. The van der Waals surface area contributed by atoms with Gasteiger partial charge in [0, 0.05) is 13.0 Å². The summed E-state index contributed by atoms with van der Waals surface area (Å²) in [7, 11) is -4.64. The fraction of sp³-hybridized carbons (Fsp3) is 0.660. The summed E-state index contributed by atoms with van der Waals surface area (Å²) in [4.78, 5) is 33.5. The van der Waals surface area contributed by atoms with Crippen molar-refractivity contribution in [3.05, 3.63) is 85.1 Å². The van der Waals surface area contributed by atoms with Crippen molar-refractivity contribution in [1.29, 1.82) is 0 Å². The number of phosphoric acid groups is 1. The van der Waals surface area contributed by atoms with Gasteiger partial charge in [0.15, 0.2) is 0 Å². The minimum Gasteiger partial charge on any atom is -0.480 e. The molecule has 0 fully saturated rings. The van der Waals surface area contributed by atoms with Gasteiger partial charge in [0.05, 0.1) is 19.8 Å². The van der Waals surface area contributed by atoms with Crippen molar-refractivity contribution in [2.45, 2.75) is 174 Å². The van der Waals surface area contributed by atoms with E-state index < -0.39 is 45.1 Å². The zero-order chi connectivity index (χ0) is 42.6. The first-order valence-electron chi connectivity index (χ1n) is 22.1. The summed E-state index contributed by atoms with van der Waals surface area (Å²) in [5.41, 5.74) is 5.35. The Kier molecular flexibility index (Phi) is 40.2. The smallest absolute Gasteiger partial charge is 0.472 e. The maximum Gasteiger partial charge on any atom is 0.472 e. The van der Waals surface area contributed by atoms with Crippen molar-refractivity contribution in [2.24, 2.45) is 5.73 Å². The first kappa shape index (κ1) is 55.2. The second-order valence-corrected chi connectivity index (χ2v) is 15.9. The van der Waals surface area contributed by atoms with Gasteiger partial charge in [0.25, 0.3) is 0 Å². The molecule has 0 spiro atoms. The summed E-state index contributed by atoms with van der Waals surface area (Å²) in [6, 6.07) is -1.49. The molecule has 0 saturated heterocycles. The summed E-state index contributed by atoms with van der Waals surface area (Å²) in [6.45, 7) is 3.58. The van der Waals surface area contributed by atoms with Gasteiger partial charge in [-0.1, -0.05) is 157 Å². The Labute approximate surface area is 352 Å². The number of carbonyl (C=O) groups is 2. The number of ether oxygens (including phenoxy) is 2. The quantitative estimate of drug-likeness (QED) is 0.0235. The number of hydrogen-bond donors (Lipinski definition) is 3. The monoisotopic (exact) mass is 834 g/mol. The van der Waals surface area contributed by atoms with Gasteiger partial charge in [-0.25, -0.2) is 4.57 Å². The van der Waals surface area contributed by atoms with Crippen molar-refractivity contribution in [2.75, 3.05) is 26.4 Å². The number of carboxylic acid groups (broad SMARTS) is 1. The Bertz CT molecular complexity index is 1240. The first-order chi connectivity index (χ1) is 28.2. The first-order valence-corrected chi connectivity index (χ1v) is 23.6. The van der Waals surface area contributed by atoms with Gasteiger partial charge < -0.3 is 25.2 Å². The molecule has 10 nitrogen and oxygen atoms in total. The van der Waals surface area contributed by atoms with Crippen LogP contribution in [0.2, 0.25) is 0 Å². The van der Waals surface area contributed by atoms with E-state index in [1.165, 1.54) is 51.4 Å². The summed E-state index contributed by atoms with van der Waals surface area (Å²) in [5, 5.41) is 8.90. The summed E-state index contributed by atoms with van der Waals surface area (Å²) < 4.78 is 33.3.